The van der Waals surface area contributed by atoms with E-state index in [0.717, 1.165) is 37.0 Å². The molecule has 1 unspecified atom stereocenters. The molecule has 0 aliphatic heterocycles. The van der Waals surface area contributed by atoms with Gasteiger partial charge in [-0.05, 0) is 30.5 Å². The SMILES string of the molecule is COC(=O)CC(NC(=O)C1CCCC1)c1ccc(OC)cc1. The summed E-state index contributed by atoms with van der Waals surface area (Å²) in [6, 6.07) is 7.00. The summed E-state index contributed by atoms with van der Waals surface area (Å²) in [5.41, 5.74) is 0.873. The lowest BCUT2D eigenvalue weighted by molar-refractivity contribution is -0.141. The summed E-state index contributed by atoms with van der Waals surface area (Å²) >= 11 is 0. The first-order valence-corrected chi connectivity index (χ1v) is 7.65. The molecule has 2 rings (SSSR count). The number of methoxy groups -OCH3 is 2. The number of hydrogen-bond acceptors (Lipinski definition) is 4. The molecule has 1 saturated carbocycles. The van der Waals surface area contributed by atoms with Gasteiger partial charge in [-0.25, -0.2) is 0 Å². The van der Waals surface area contributed by atoms with Crippen LogP contribution in [0.2, 0.25) is 0 Å². The van der Waals surface area contributed by atoms with Crippen LogP contribution in [-0.2, 0) is 14.3 Å². The molecule has 1 aromatic carbocycles. The van der Waals surface area contributed by atoms with E-state index in [9.17, 15) is 9.59 Å². The van der Waals surface area contributed by atoms with Gasteiger partial charge >= 0.3 is 5.97 Å². The van der Waals surface area contributed by atoms with Crippen molar-refractivity contribution in [3.8, 4) is 5.75 Å². The van der Waals surface area contributed by atoms with E-state index in [4.69, 9.17) is 9.47 Å². The van der Waals surface area contributed by atoms with E-state index in [-0.39, 0.29) is 30.3 Å². The second-order valence-electron chi connectivity index (χ2n) is 5.60. The number of esters is 1. The zero-order valence-electron chi connectivity index (χ0n) is 13.1. The smallest absolute Gasteiger partial charge is 0.307 e. The van der Waals surface area contributed by atoms with Gasteiger partial charge in [0.2, 0.25) is 5.91 Å². The summed E-state index contributed by atoms with van der Waals surface area (Å²) in [5.74, 6) is 0.496. The van der Waals surface area contributed by atoms with Gasteiger partial charge < -0.3 is 14.8 Å². The van der Waals surface area contributed by atoms with Crippen LogP contribution in [0.4, 0.5) is 0 Å². The van der Waals surface area contributed by atoms with Crippen molar-refractivity contribution in [1.29, 1.82) is 0 Å². The molecule has 1 amide bonds. The molecule has 120 valence electrons. The van der Waals surface area contributed by atoms with E-state index >= 15 is 0 Å². The number of nitrogens with one attached hydrogen (secondary N) is 1. The van der Waals surface area contributed by atoms with E-state index in [1.807, 2.05) is 24.3 Å². The van der Waals surface area contributed by atoms with E-state index in [0.29, 0.717) is 0 Å². The highest BCUT2D eigenvalue weighted by atomic mass is 16.5. The minimum atomic E-state index is -0.369. The molecule has 0 radical (unpaired) electrons. The molecule has 5 nitrogen and oxygen atoms in total. The van der Waals surface area contributed by atoms with Gasteiger partial charge in [0.05, 0.1) is 26.7 Å². The van der Waals surface area contributed by atoms with Gasteiger partial charge in [-0.2, -0.15) is 0 Å². The first-order valence-electron chi connectivity index (χ1n) is 7.65. The molecule has 22 heavy (non-hydrogen) atoms. The topological polar surface area (TPSA) is 64.6 Å². The monoisotopic (exact) mass is 305 g/mol. The zero-order chi connectivity index (χ0) is 15.9. The summed E-state index contributed by atoms with van der Waals surface area (Å²) in [4.78, 5) is 24.0. The average molecular weight is 305 g/mol. The predicted octanol–water partition coefficient (Wildman–Crippen LogP) is 2.61. The fraction of sp³-hybridized carbons (Fsp3) is 0.529. The first kappa shape index (κ1) is 16.3. The molecular weight excluding hydrogens is 282 g/mol. The van der Waals surface area contributed by atoms with Crippen LogP contribution in [0.15, 0.2) is 24.3 Å². The Morgan fingerprint density at radius 3 is 2.36 bits per heavy atom. The molecule has 1 aromatic rings. The maximum Gasteiger partial charge on any atom is 0.307 e. The molecule has 1 N–H and O–H groups in total. The fourth-order valence-corrected chi connectivity index (χ4v) is 2.82. The Hall–Kier alpha value is -2.04. The maximum absolute atomic E-state index is 12.3. The van der Waals surface area contributed by atoms with Crippen molar-refractivity contribution in [1.82, 2.24) is 5.32 Å². The van der Waals surface area contributed by atoms with Crippen LogP contribution in [0.25, 0.3) is 0 Å². The second-order valence-corrected chi connectivity index (χ2v) is 5.60. The normalized spacial score (nSPS) is 16.1. The summed E-state index contributed by atoms with van der Waals surface area (Å²) in [6.45, 7) is 0. The largest absolute Gasteiger partial charge is 0.497 e. The molecule has 0 saturated heterocycles. The van der Waals surface area contributed by atoms with Gasteiger partial charge in [0.15, 0.2) is 0 Å². The minimum Gasteiger partial charge on any atom is -0.497 e. The van der Waals surface area contributed by atoms with Crippen molar-refractivity contribution in [2.45, 2.75) is 38.1 Å². The van der Waals surface area contributed by atoms with Crippen molar-refractivity contribution in [3.63, 3.8) is 0 Å². The lowest BCUT2D eigenvalue weighted by Gasteiger charge is -2.20. The third kappa shape index (κ3) is 4.23. The van der Waals surface area contributed by atoms with Gasteiger partial charge in [-0.15, -0.1) is 0 Å². The van der Waals surface area contributed by atoms with E-state index in [2.05, 4.69) is 5.32 Å². The van der Waals surface area contributed by atoms with Crippen LogP contribution in [0.3, 0.4) is 0 Å². The molecule has 5 heteroatoms. The first-order chi connectivity index (χ1) is 10.6. The van der Waals surface area contributed by atoms with E-state index < -0.39 is 0 Å². The Bertz CT molecular complexity index is 506. The molecular formula is C17H23NO4. The highest BCUT2D eigenvalue weighted by Gasteiger charge is 2.26. The van der Waals surface area contributed by atoms with Crippen LogP contribution in [0.1, 0.15) is 43.7 Å². The number of benzene rings is 1. The van der Waals surface area contributed by atoms with Crippen LogP contribution < -0.4 is 10.1 Å². The van der Waals surface area contributed by atoms with E-state index in [1.54, 1.807) is 7.11 Å². The van der Waals surface area contributed by atoms with Crippen molar-refractivity contribution >= 4 is 11.9 Å². The Balaban J connectivity index is 2.10. The van der Waals surface area contributed by atoms with E-state index in [1.165, 1.54) is 7.11 Å². The molecule has 0 aromatic heterocycles. The highest BCUT2D eigenvalue weighted by molar-refractivity contribution is 5.80. The van der Waals surface area contributed by atoms with Crippen LogP contribution in [-0.4, -0.2) is 26.1 Å². The summed E-state index contributed by atoms with van der Waals surface area (Å²) < 4.78 is 9.87. The van der Waals surface area contributed by atoms with Crippen molar-refractivity contribution in [2.75, 3.05) is 14.2 Å². The second kappa shape index (κ2) is 7.82. The Morgan fingerprint density at radius 2 is 1.82 bits per heavy atom. The van der Waals surface area contributed by atoms with Gasteiger partial charge in [0, 0.05) is 5.92 Å². The fourth-order valence-electron chi connectivity index (χ4n) is 2.82. The predicted molar refractivity (Wildman–Crippen MR) is 82.5 cm³/mol. The molecule has 1 aliphatic rings. The zero-order valence-corrected chi connectivity index (χ0v) is 13.1. The number of ether oxygens (including phenoxy) is 2. The van der Waals surface area contributed by atoms with Crippen molar-refractivity contribution in [2.24, 2.45) is 5.92 Å². The Labute approximate surface area is 131 Å². The average Bonchev–Trinajstić information content (AvgIpc) is 3.08. The maximum atomic E-state index is 12.3. The number of carbonyl (C=O) groups is 2. The number of rotatable bonds is 6. The summed E-state index contributed by atoms with van der Waals surface area (Å²) in [6.07, 6.45) is 4.19. The quantitative estimate of drug-likeness (QED) is 0.821. The van der Waals surface area contributed by atoms with Crippen LogP contribution in [0.5, 0.6) is 5.75 Å². The minimum absolute atomic E-state index is 0.0298. The van der Waals surface area contributed by atoms with Gasteiger partial charge in [-0.1, -0.05) is 25.0 Å². The Morgan fingerprint density at radius 1 is 1.18 bits per heavy atom. The van der Waals surface area contributed by atoms with Crippen molar-refractivity contribution < 1.29 is 19.1 Å². The lowest BCUT2D eigenvalue weighted by atomic mass is 10.0. The van der Waals surface area contributed by atoms with Gasteiger partial charge in [0.1, 0.15) is 5.75 Å². The molecule has 0 heterocycles. The molecule has 1 fully saturated rings. The molecule has 0 spiro atoms. The number of carbonyl (C=O) groups excluding carboxylic acids is 2. The third-order valence-electron chi connectivity index (χ3n) is 4.16. The molecule has 1 atom stereocenters. The Kier molecular flexibility index (Phi) is 5.81. The lowest BCUT2D eigenvalue weighted by Crippen LogP contribution is -2.34. The van der Waals surface area contributed by atoms with Gasteiger partial charge in [-0.3, -0.25) is 9.59 Å². The summed E-state index contributed by atoms with van der Waals surface area (Å²) in [5, 5.41) is 3.00. The number of amides is 1. The summed E-state index contributed by atoms with van der Waals surface area (Å²) in [7, 11) is 2.95. The number of hydrogen-bond donors (Lipinski definition) is 1. The van der Waals surface area contributed by atoms with Crippen LogP contribution in [0, 0.1) is 5.92 Å². The van der Waals surface area contributed by atoms with Crippen molar-refractivity contribution in [3.05, 3.63) is 29.8 Å². The highest BCUT2D eigenvalue weighted by Crippen LogP contribution is 2.27. The third-order valence-corrected chi connectivity index (χ3v) is 4.16. The molecule has 1 aliphatic carbocycles. The standard InChI is InChI=1S/C17H23NO4/c1-21-14-9-7-12(8-10-14)15(11-16(19)22-2)18-17(20)13-5-3-4-6-13/h7-10,13,15H,3-6,11H2,1-2H3,(H,18,20). The molecule has 0 bridgehead atoms. The van der Waals surface area contributed by atoms with Gasteiger partial charge in [0.25, 0.3) is 0 Å². The van der Waals surface area contributed by atoms with Crippen LogP contribution >= 0.6 is 0 Å².